The maximum Gasteiger partial charge on any atom is 0.341 e. The van der Waals surface area contributed by atoms with Gasteiger partial charge in [-0.1, -0.05) is 6.92 Å². The molecule has 1 heterocycles. The highest BCUT2D eigenvalue weighted by molar-refractivity contribution is 5.68. The Morgan fingerprint density at radius 1 is 1.77 bits per heavy atom. The second-order valence-electron chi connectivity index (χ2n) is 2.63. The van der Waals surface area contributed by atoms with Gasteiger partial charge in [0.15, 0.2) is 6.61 Å². The Balaban J connectivity index is 2.62. The van der Waals surface area contributed by atoms with Gasteiger partial charge < -0.3 is 9.84 Å². The number of ether oxygens (including phenoxy) is 1. The molecule has 72 valence electrons. The molecule has 0 atom stereocenters. The summed E-state index contributed by atoms with van der Waals surface area (Å²) in [5.74, 6) is -0.634. The Labute approximate surface area is 75.9 Å². The molecule has 0 saturated carbocycles. The third-order valence-electron chi connectivity index (χ3n) is 1.66. The van der Waals surface area contributed by atoms with Gasteiger partial charge in [0.1, 0.15) is 0 Å². The van der Waals surface area contributed by atoms with Crippen molar-refractivity contribution >= 4 is 5.97 Å². The molecule has 0 radical (unpaired) electrons. The third kappa shape index (κ3) is 2.47. The van der Waals surface area contributed by atoms with Crippen molar-refractivity contribution < 1.29 is 14.6 Å². The van der Waals surface area contributed by atoms with Crippen LogP contribution in [0.3, 0.4) is 0 Å². The second kappa shape index (κ2) is 3.93. The maximum atomic E-state index is 10.2. The van der Waals surface area contributed by atoms with E-state index in [9.17, 15) is 4.79 Å². The van der Waals surface area contributed by atoms with Crippen molar-refractivity contribution in [3.05, 3.63) is 11.8 Å². The van der Waals surface area contributed by atoms with Crippen LogP contribution >= 0.6 is 0 Å². The lowest BCUT2D eigenvalue weighted by atomic mass is 10.3. The number of hydrogen-bond donors (Lipinski definition) is 1. The number of hydrogen-bond acceptors (Lipinski definition) is 3. The van der Waals surface area contributed by atoms with Crippen molar-refractivity contribution in [1.29, 1.82) is 0 Å². The van der Waals surface area contributed by atoms with Gasteiger partial charge >= 0.3 is 5.97 Å². The van der Waals surface area contributed by atoms with E-state index in [4.69, 9.17) is 9.84 Å². The Morgan fingerprint density at radius 2 is 2.46 bits per heavy atom. The molecule has 0 spiro atoms. The molecule has 1 rings (SSSR count). The van der Waals surface area contributed by atoms with Gasteiger partial charge in [-0.25, -0.2) is 4.79 Å². The Kier molecular flexibility index (Phi) is 2.89. The van der Waals surface area contributed by atoms with Crippen molar-refractivity contribution in [3.8, 4) is 5.88 Å². The molecule has 5 nitrogen and oxygen atoms in total. The van der Waals surface area contributed by atoms with Crippen LogP contribution < -0.4 is 4.74 Å². The lowest BCUT2D eigenvalue weighted by Crippen LogP contribution is -2.09. The molecule has 0 aliphatic rings. The Morgan fingerprint density at radius 3 is 2.92 bits per heavy atom. The molecule has 0 aromatic carbocycles. The highest BCUT2D eigenvalue weighted by atomic mass is 16.5. The number of carbonyl (C=O) groups is 1. The molecule has 13 heavy (non-hydrogen) atoms. The molecular formula is C8H12N2O3. The minimum atomic E-state index is -0.997. The van der Waals surface area contributed by atoms with Crippen molar-refractivity contribution in [1.82, 2.24) is 9.78 Å². The van der Waals surface area contributed by atoms with E-state index in [1.54, 1.807) is 17.8 Å². The first-order valence-corrected chi connectivity index (χ1v) is 4.01. The number of carboxylic acid groups (broad SMARTS) is 1. The summed E-state index contributed by atoms with van der Waals surface area (Å²) >= 11 is 0. The van der Waals surface area contributed by atoms with Gasteiger partial charge in [-0.15, -0.1) is 5.10 Å². The highest BCUT2D eigenvalue weighted by Crippen LogP contribution is 2.10. The van der Waals surface area contributed by atoms with Crippen molar-refractivity contribution in [2.24, 2.45) is 7.05 Å². The number of aryl methyl sites for hydroxylation is 2. The first kappa shape index (κ1) is 9.57. The molecule has 5 heteroatoms. The number of carboxylic acids is 1. The zero-order valence-electron chi connectivity index (χ0n) is 7.65. The summed E-state index contributed by atoms with van der Waals surface area (Å²) in [6.45, 7) is 1.65. The van der Waals surface area contributed by atoms with Gasteiger partial charge in [-0.2, -0.15) is 0 Å². The fourth-order valence-electron chi connectivity index (χ4n) is 1.01. The van der Waals surface area contributed by atoms with Crippen LogP contribution in [0.5, 0.6) is 5.88 Å². The number of rotatable bonds is 4. The molecule has 0 fully saturated rings. The summed E-state index contributed by atoms with van der Waals surface area (Å²) in [5.41, 5.74) is 1.01. The minimum Gasteiger partial charge on any atom is -0.479 e. The maximum absolute atomic E-state index is 10.2. The van der Waals surface area contributed by atoms with Gasteiger partial charge in [0.25, 0.3) is 0 Å². The summed E-state index contributed by atoms with van der Waals surface area (Å²) in [6.07, 6.45) is 0.847. The molecule has 0 amide bonds. The van der Waals surface area contributed by atoms with Crippen LogP contribution in [0.4, 0.5) is 0 Å². The SMILES string of the molecule is CCc1cc(OCC(=O)O)nn1C. The van der Waals surface area contributed by atoms with Crippen LogP contribution in [-0.2, 0) is 18.3 Å². The molecule has 0 saturated heterocycles. The average molecular weight is 184 g/mol. The van der Waals surface area contributed by atoms with Gasteiger partial charge in [-0.3, -0.25) is 4.68 Å². The van der Waals surface area contributed by atoms with E-state index in [2.05, 4.69) is 5.10 Å². The molecule has 1 N–H and O–H groups in total. The fourth-order valence-corrected chi connectivity index (χ4v) is 1.01. The Bertz CT molecular complexity index is 306. The number of nitrogens with zero attached hydrogens (tertiary/aromatic N) is 2. The van der Waals surface area contributed by atoms with E-state index in [0.717, 1.165) is 12.1 Å². The van der Waals surface area contributed by atoms with Crippen LogP contribution in [0.15, 0.2) is 6.07 Å². The predicted octanol–water partition coefficient (Wildman–Crippen LogP) is 0.446. The van der Waals surface area contributed by atoms with Crippen molar-refractivity contribution in [2.75, 3.05) is 6.61 Å². The van der Waals surface area contributed by atoms with E-state index in [1.807, 2.05) is 6.92 Å². The zero-order chi connectivity index (χ0) is 9.84. The molecule has 0 unspecified atom stereocenters. The van der Waals surface area contributed by atoms with E-state index >= 15 is 0 Å². The predicted molar refractivity (Wildman–Crippen MR) is 45.7 cm³/mol. The van der Waals surface area contributed by atoms with Crippen LogP contribution in [-0.4, -0.2) is 27.5 Å². The quantitative estimate of drug-likeness (QED) is 0.737. The summed E-state index contributed by atoms with van der Waals surface area (Å²) < 4.78 is 6.58. The van der Waals surface area contributed by atoms with E-state index in [1.165, 1.54) is 0 Å². The smallest absolute Gasteiger partial charge is 0.341 e. The summed E-state index contributed by atoms with van der Waals surface area (Å²) in [4.78, 5) is 10.2. The zero-order valence-corrected chi connectivity index (χ0v) is 7.65. The van der Waals surface area contributed by atoms with Gasteiger partial charge in [-0.05, 0) is 6.42 Å². The van der Waals surface area contributed by atoms with Crippen molar-refractivity contribution in [2.45, 2.75) is 13.3 Å². The van der Waals surface area contributed by atoms with Gasteiger partial charge in [0.2, 0.25) is 5.88 Å². The second-order valence-corrected chi connectivity index (χ2v) is 2.63. The molecule has 0 aliphatic heterocycles. The molecule has 0 bridgehead atoms. The van der Waals surface area contributed by atoms with Crippen molar-refractivity contribution in [3.63, 3.8) is 0 Å². The van der Waals surface area contributed by atoms with Gasteiger partial charge in [0.05, 0.1) is 0 Å². The molecule has 1 aromatic heterocycles. The standard InChI is InChI=1S/C8H12N2O3/c1-3-6-4-7(9-10(6)2)13-5-8(11)12/h4H,3,5H2,1-2H3,(H,11,12). The normalized spacial score (nSPS) is 10.0. The largest absolute Gasteiger partial charge is 0.479 e. The topological polar surface area (TPSA) is 64.3 Å². The van der Waals surface area contributed by atoms with Crippen LogP contribution in [0.1, 0.15) is 12.6 Å². The lowest BCUT2D eigenvalue weighted by Gasteiger charge is -1.95. The summed E-state index contributed by atoms with van der Waals surface area (Å²) in [6, 6.07) is 1.74. The van der Waals surface area contributed by atoms with Crippen LogP contribution in [0.25, 0.3) is 0 Å². The summed E-state index contributed by atoms with van der Waals surface area (Å²) in [7, 11) is 1.80. The van der Waals surface area contributed by atoms with Crippen LogP contribution in [0.2, 0.25) is 0 Å². The lowest BCUT2D eigenvalue weighted by molar-refractivity contribution is -0.139. The third-order valence-corrected chi connectivity index (χ3v) is 1.66. The Hall–Kier alpha value is -1.52. The van der Waals surface area contributed by atoms with E-state index in [-0.39, 0.29) is 6.61 Å². The highest BCUT2D eigenvalue weighted by Gasteiger charge is 2.05. The fraction of sp³-hybridized carbons (Fsp3) is 0.500. The van der Waals surface area contributed by atoms with Gasteiger partial charge in [0, 0.05) is 18.8 Å². The average Bonchev–Trinajstić information content (AvgIpc) is 2.43. The van der Waals surface area contributed by atoms with E-state index in [0.29, 0.717) is 5.88 Å². The minimum absolute atomic E-state index is 0.347. The molecule has 0 aliphatic carbocycles. The number of aliphatic carboxylic acids is 1. The first-order chi connectivity index (χ1) is 6.13. The molecular weight excluding hydrogens is 172 g/mol. The monoisotopic (exact) mass is 184 g/mol. The van der Waals surface area contributed by atoms with E-state index < -0.39 is 5.97 Å². The summed E-state index contributed by atoms with van der Waals surface area (Å²) in [5, 5.41) is 12.3. The van der Waals surface area contributed by atoms with Crippen LogP contribution in [0, 0.1) is 0 Å². The molecule has 1 aromatic rings. The number of aromatic nitrogens is 2. The first-order valence-electron chi connectivity index (χ1n) is 4.01.